The molecule has 0 spiro atoms. The largest absolute Gasteiger partial charge is 0.497 e. The van der Waals surface area contributed by atoms with Crippen LogP contribution in [0.5, 0.6) is 5.75 Å². The number of nitrogens with zero attached hydrogens (tertiary/aromatic N) is 1. The minimum atomic E-state index is -0.237. The zero-order chi connectivity index (χ0) is 16.9. The molecule has 0 unspecified atom stereocenters. The maximum absolute atomic E-state index is 12.5. The van der Waals surface area contributed by atoms with E-state index in [0.717, 1.165) is 37.4 Å². The molecular weight excluding hydrogens is 306 g/mol. The molecule has 24 heavy (non-hydrogen) atoms. The van der Waals surface area contributed by atoms with Crippen LogP contribution in [0.3, 0.4) is 0 Å². The molecule has 6 nitrogen and oxygen atoms in total. The third kappa shape index (κ3) is 4.47. The fourth-order valence-electron chi connectivity index (χ4n) is 3.03. The van der Waals surface area contributed by atoms with E-state index >= 15 is 0 Å². The first-order valence-corrected chi connectivity index (χ1v) is 8.61. The van der Waals surface area contributed by atoms with Gasteiger partial charge in [-0.15, -0.1) is 0 Å². The summed E-state index contributed by atoms with van der Waals surface area (Å²) in [6, 6.07) is 7.02. The molecule has 2 fully saturated rings. The molecule has 2 aliphatic rings. The van der Waals surface area contributed by atoms with Gasteiger partial charge >= 0.3 is 0 Å². The molecule has 1 aromatic rings. The van der Waals surface area contributed by atoms with E-state index in [1.807, 2.05) is 29.2 Å². The highest BCUT2D eigenvalue weighted by Crippen LogP contribution is 2.27. The third-order valence-electron chi connectivity index (χ3n) is 4.66. The van der Waals surface area contributed by atoms with Gasteiger partial charge in [-0.1, -0.05) is 0 Å². The van der Waals surface area contributed by atoms with Crippen LogP contribution in [0.25, 0.3) is 0 Å². The molecule has 1 saturated carbocycles. The molecule has 0 aromatic heterocycles. The van der Waals surface area contributed by atoms with Gasteiger partial charge in [0.1, 0.15) is 5.75 Å². The van der Waals surface area contributed by atoms with Crippen LogP contribution >= 0.6 is 0 Å². The Balaban J connectivity index is 1.51. The summed E-state index contributed by atoms with van der Waals surface area (Å²) >= 11 is 0. The van der Waals surface area contributed by atoms with Crippen LogP contribution in [-0.2, 0) is 9.59 Å². The van der Waals surface area contributed by atoms with Crippen LogP contribution in [0.1, 0.15) is 25.7 Å². The second-order valence-electron chi connectivity index (χ2n) is 6.59. The van der Waals surface area contributed by atoms with Gasteiger partial charge in [-0.25, -0.2) is 0 Å². The number of benzene rings is 1. The van der Waals surface area contributed by atoms with E-state index in [9.17, 15) is 9.59 Å². The van der Waals surface area contributed by atoms with Crippen molar-refractivity contribution in [2.75, 3.05) is 32.1 Å². The zero-order valence-electron chi connectivity index (χ0n) is 14.1. The molecule has 1 heterocycles. The Hall–Kier alpha value is -2.08. The average Bonchev–Trinajstić information content (AvgIpc) is 3.31. The quantitative estimate of drug-likeness (QED) is 0.797. The lowest BCUT2D eigenvalue weighted by atomic mass is 10.2. The van der Waals surface area contributed by atoms with Crippen LogP contribution in [-0.4, -0.2) is 49.5 Å². The molecule has 1 saturated heterocycles. The smallest absolute Gasteiger partial charge is 0.241 e. The Kier molecular flexibility index (Phi) is 5.35. The molecule has 2 amide bonds. The molecule has 1 atom stereocenters. The highest BCUT2D eigenvalue weighted by molar-refractivity contribution is 5.95. The van der Waals surface area contributed by atoms with Crippen molar-refractivity contribution in [3.63, 3.8) is 0 Å². The molecule has 0 radical (unpaired) electrons. The SMILES string of the molecule is COc1ccc(NC(=O)[C@H]2CCCN2CC(=O)NCC2CC2)cc1. The van der Waals surface area contributed by atoms with Crippen molar-refractivity contribution in [1.82, 2.24) is 10.2 Å². The zero-order valence-corrected chi connectivity index (χ0v) is 14.1. The molecule has 1 aliphatic heterocycles. The van der Waals surface area contributed by atoms with Gasteiger partial charge < -0.3 is 15.4 Å². The number of anilines is 1. The number of hydrogen-bond donors (Lipinski definition) is 2. The van der Waals surface area contributed by atoms with Gasteiger partial charge in [-0.05, 0) is 62.4 Å². The van der Waals surface area contributed by atoms with Gasteiger partial charge in [0.25, 0.3) is 0 Å². The summed E-state index contributed by atoms with van der Waals surface area (Å²) in [5, 5.41) is 5.90. The molecule has 130 valence electrons. The van der Waals surface area contributed by atoms with Crippen molar-refractivity contribution in [2.24, 2.45) is 5.92 Å². The van der Waals surface area contributed by atoms with E-state index in [0.29, 0.717) is 12.5 Å². The first kappa shape index (κ1) is 16.8. The molecule has 3 rings (SSSR count). The minimum Gasteiger partial charge on any atom is -0.497 e. The maximum Gasteiger partial charge on any atom is 0.241 e. The van der Waals surface area contributed by atoms with Gasteiger partial charge in [0, 0.05) is 12.2 Å². The fourth-order valence-corrected chi connectivity index (χ4v) is 3.03. The Bertz CT molecular complexity index is 584. The van der Waals surface area contributed by atoms with Crippen LogP contribution in [0.4, 0.5) is 5.69 Å². The normalized spacial score (nSPS) is 20.6. The average molecular weight is 331 g/mol. The van der Waals surface area contributed by atoms with Crippen LogP contribution < -0.4 is 15.4 Å². The molecule has 0 bridgehead atoms. The molecular formula is C18H25N3O3. The number of nitrogens with one attached hydrogen (secondary N) is 2. The second-order valence-corrected chi connectivity index (χ2v) is 6.59. The summed E-state index contributed by atoms with van der Waals surface area (Å²) in [4.78, 5) is 26.5. The number of carbonyl (C=O) groups is 2. The molecule has 1 aromatic carbocycles. The number of likely N-dealkylation sites (tertiary alicyclic amines) is 1. The summed E-state index contributed by atoms with van der Waals surface area (Å²) < 4.78 is 5.11. The molecule has 2 N–H and O–H groups in total. The van der Waals surface area contributed by atoms with E-state index in [1.165, 1.54) is 12.8 Å². The van der Waals surface area contributed by atoms with Crippen molar-refractivity contribution in [3.8, 4) is 5.75 Å². The van der Waals surface area contributed by atoms with Crippen molar-refractivity contribution in [2.45, 2.75) is 31.7 Å². The van der Waals surface area contributed by atoms with E-state index in [4.69, 9.17) is 4.74 Å². The summed E-state index contributed by atoms with van der Waals surface area (Å²) in [6.45, 7) is 1.86. The maximum atomic E-state index is 12.5. The number of ether oxygens (including phenoxy) is 1. The topological polar surface area (TPSA) is 70.7 Å². The molecule has 1 aliphatic carbocycles. The van der Waals surface area contributed by atoms with Gasteiger partial charge in [-0.2, -0.15) is 0 Å². The minimum absolute atomic E-state index is 0.0195. The predicted molar refractivity (Wildman–Crippen MR) is 92.0 cm³/mol. The summed E-state index contributed by atoms with van der Waals surface area (Å²) in [6.07, 6.45) is 4.17. The lowest BCUT2D eigenvalue weighted by Gasteiger charge is -2.23. The number of methoxy groups -OCH3 is 1. The van der Waals surface area contributed by atoms with Crippen molar-refractivity contribution >= 4 is 17.5 Å². The van der Waals surface area contributed by atoms with Gasteiger partial charge in [0.05, 0.1) is 19.7 Å². The lowest BCUT2D eigenvalue weighted by molar-refractivity contribution is -0.124. The lowest BCUT2D eigenvalue weighted by Crippen LogP contribution is -2.45. The van der Waals surface area contributed by atoms with E-state index in [-0.39, 0.29) is 17.9 Å². The number of carbonyl (C=O) groups excluding carboxylic acids is 2. The number of rotatable bonds is 7. The third-order valence-corrected chi connectivity index (χ3v) is 4.66. The van der Waals surface area contributed by atoms with Gasteiger partial charge in [0.15, 0.2) is 0 Å². The Labute approximate surface area is 142 Å². The van der Waals surface area contributed by atoms with Crippen LogP contribution in [0.2, 0.25) is 0 Å². The Morgan fingerprint density at radius 1 is 1.21 bits per heavy atom. The molecule has 6 heteroatoms. The summed E-state index contributed by atoms with van der Waals surface area (Å²) in [5.74, 6) is 1.39. The first-order valence-electron chi connectivity index (χ1n) is 8.61. The van der Waals surface area contributed by atoms with Crippen molar-refractivity contribution < 1.29 is 14.3 Å². The summed E-state index contributed by atoms with van der Waals surface area (Å²) in [5.41, 5.74) is 0.742. The fraction of sp³-hybridized carbons (Fsp3) is 0.556. The van der Waals surface area contributed by atoms with Crippen molar-refractivity contribution in [3.05, 3.63) is 24.3 Å². The van der Waals surface area contributed by atoms with Crippen molar-refractivity contribution in [1.29, 1.82) is 0 Å². The van der Waals surface area contributed by atoms with Gasteiger partial charge in [-0.3, -0.25) is 14.5 Å². The van der Waals surface area contributed by atoms with Gasteiger partial charge in [0.2, 0.25) is 11.8 Å². The van der Waals surface area contributed by atoms with Crippen LogP contribution in [0.15, 0.2) is 24.3 Å². The summed E-state index contributed by atoms with van der Waals surface area (Å²) in [7, 11) is 1.61. The van der Waals surface area contributed by atoms with E-state index in [1.54, 1.807) is 7.11 Å². The highest BCUT2D eigenvalue weighted by atomic mass is 16.5. The number of amides is 2. The Morgan fingerprint density at radius 2 is 1.96 bits per heavy atom. The highest BCUT2D eigenvalue weighted by Gasteiger charge is 2.32. The van der Waals surface area contributed by atoms with E-state index < -0.39 is 0 Å². The van der Waals surface area contributed by atoms with E-state index in [2.05, 4.69) is 10.6 Å². The standard InChI is InChI=1S/C18H25N3O3/c1-24-15-8-6-14(7-9-15)20-18(23)16-3-2-10-21(16)12-17(22)19-11-13-4-5-13/h6-9,13,16H,2-5,10-12H2,1H3,(H,19,22)(H,20,23)/t16-/m1/s1. The predicted octanol–water partition coefficient (Wildman–Crippen LogP) is 1.62. The Morgan fingerprint density at radius 3 is 2.62 bits per heavy atom. The number of hydrogen-bond acceptors (Lipinski definition) is 4. The second kappa shape index (κ2) is 7.66. The first-order chi connectivity index (χ1) is 11.7. The monoisotopic (exact) mass is 331 g/mol. The van der Waals surface area contributed by atoms with Crippen LogP contribution in [0, 0.1) is 5.92 Å².